The zero-order valence-corrected chi connectivity index (χ0v) is 10.8. The first kappa shape index (κ1) is 12.7. The van der Waals surface area contributed by atoms with Gasteiger partial charge in [-0.05, 0) is 0 Å². The first-order valence-electron chi connectivity index (χ1n) is 5.32. The molecule has 1 fully saturated rings. The Balaban J connectivity index is 2.47. The van der Waals surface area contributed by atoms with Crippen molar-refractivity contribution in [1.29, 1.82) is 5.41 Å². The summed E-state index contributed by atoms with van der Waals surface area (Å²) in [5, 5.41) is 7.13. The molecule has 1 rings (SSSR count). The Labute approximate surface area is 101 Å². The molecule has 0 aromatic rings. The number of allylic oxidation sites excluding steroid dienone is 1. The van der Waals surface area contributed by atoms with Gasteiger partial charge in [0.1, 0.15) is 0 Å². The van der Waals surface area contributed by atoms with Crippen LogP contribution < -0.4 is 5.73 Å². The molecule has 0 aromatic carbocycles. The molecule has 0 amide bonds. The molecular weight excluding hydrogens is 225 g/mol. The van der Waals surface area contributed by atoms with Crippen molar-refractivity contribution in [3.8, 4) is 0 Å². The molecule has 1 saturated heterocycles. The van der Waals surface area contributed by atoms with Crippen LogP contribution in [0.1, 0.15) is 20.3 Å². The summed E-state index contributed by atoms with van der Waals surface area (Å²) < 4.78 is 1.28. The van der Waals surface area contributed by atoms with Crippen LogP contribution in [0.2, 0.25) is 0 Å². The molecule has 3 N–H and O–H groups in total. The molecule has 0 aromatic heterocycles. The van der Waals surface area contributed by atoms with Gasteiger partial charge in [0, 0.05) is 0 Å². The summed E-state index contributed by atoms with van der Waals surface area (Å²) in [7, 11) is 0. The van der Waals surface area contributed by atoms with Gasteiger partial charge in [-0.1, -0.05) is 0 Å². The van der Waals surface area contributed by atoms with Gasteiger partial charge in [0.2, 0.25) is 0 Å². The SMILES string of the molecule is CC(C)N1CCC([C](=[V])C=CC(=N)N)C1. The molecule has 1 heterocycles. The van der Waals surface area contributed by atoms with Gasteiger partial charge in [-0.2, -0.15) is 0 Å². The Morgan fingerprint density at radius 1 is 1.53 bits per heavy atom. The maximum atomic E-state index is 7.13. The Hall–Kier alpha value is -0.376. The molecule has 0 saturated carbocycles. The summed E-state index contributed by atoms with van der Waals surface area (Å²) in [6, 6.07) is 0.632. The van der Waals surface area contributed by atoms with Crippen LogP contribution in [0.15, 0.2) is 12.2 Å². The second-order valence-electron chi connectivity index (χ2n) is 4.29. The third-order valence-electron chi connectivity index (χ3n) is 2.80. The van der Waals surface area contributed by atoms with Crippen LogP contribution in [0.5, 0.6) is 0 Å². The van der Waals surface area contributed by atoms with Crippen molar-refractivity contribution in [2.45, 2.75) is 26.3 Å². The van der Waals surface area contributed by atoms with E-state index in [1.807, 2.05) is 6.08 Å². The first-order valence-corrected chi connectivity index (χ1v) is 6.02. The fourth-order valence-corrected chi connectivity index (χ4v) is 2.25. The Bertz CT molecular complexity index is 284. The van der Waals surface area contributed by atoms with Gasteiger partial charge >= 0.3 is 101 Å². The van der Waals surface area contributed by atoms with E-state index < -0.39 is 0 Å². The fourth-order valence-electron chi connectivity index (χ4n) is 1.81. The number of rotatable bonds is 4. The monoisotopic (exact) mass is 244 g/mol. The van der Waals surface area contributed by atoms with E-state index in [9.17, 15) is 0 Å². The van der Waals surface area contributed by atoms with Gasteiger partial charge in [-0.15, -0.1) is 0 Å². The van der Waals surface area contributed by atoms with E-state index in [0.717, 1.165) is 6.54 Å². The van der Waals surface area contributed by atoms with E-state index in [2.05, 4.69) is 35.7 Å². The number of nitrogens with one attached hydrogen (secondary N) is 1. The maximum absolute atomic E-state index is 7.13. The van der Waals surface area contributed by atoms with E-state index in [-0.39, 0.29) is 5.84 Å². The summed E-state index contributed by atoms with van der Waals surface area (Å²) in [5.74, 6) is 0.736. The Morgan fingerprint density at radius 2 is 2.20 bits per heavy atom. The van der Waals surface area contributed by atoms with Crippen molar-refractivity contribution < 1.29 is 17.0 Å². The fraction of sp³-hybridized carbons (Fsp3) is 0.636. The van der Waals surface area contributed by atoms with E-state index >= 15 is 0 Å². The number of hydrogen-bond acceptors (Lipinski definition) is 2. The van der Waals surface area contributed by atoms with Crippen LogP contribution >= 0.6 is 0 Å². The van der Waals surface area contributed by atoms with Crippen molar-refractivity contribution >= 4 is 10.1 Å². The molecule has 1 unspecified atom stereocenters. The topological polar surface area (TPSA) is 53.1 Å². The van der Waals surface area contributed by atoms with E-state index in [4.69, 9.17) is 11.1 Å². The van der Waals surface area contributed by atoms with Crippen LogP contribution in [-0.2, 0) is 17.0 Å². The number of nitrogens with two attached hydrogens (primary N) is 1. The summed E-state index contributed by atoms with van der Waals surface area (Å²) >= 11 is 2.61. The first-order chi connectivity index (χ1) is 7.00. The third kappa shape index (κ3) is 3.94. The number of likely N-dealkylation sites (tertiary alicyclic amines) is 1. The van der Waals surface area contributed by atoms with Gasteiger partial charge in [-0.25, -0.2) is 0 Å². The molecule has 3 nitrogen and oxygen atoms in total. The van der Waals surface area contributed by atoms with Gasteiger partial charge < -0.3 is 0 Å². The van der Waals surface area contributed by atoms with Crippen LogP contribution in [0.25, 0.3) is 0 Å². The molecule has 0 bridgehead atoms. The standard InChI is InChI=1S/C11H19N3.V/c1-9(2)14-7-6-10(8-14)4-3-5-11(12)13;/h3,5,9-10H,6-8H2,1-2H3,(H3,12,13);. The predicted octanol–water partition coefficient (Wildman–Crippen LogP) is 0.928. The molecule has 0 spiro atoms. The molecule has 1 aliphatic rings. The average molecular weight is 244 g/mol. The van der Waals surface area contributed by atoms with Crippen LogP contribution in [0, 0.1) is 11.3 Å². The number of nitrogens with zero attached hydrogens (tertiary/aromatic N) is 1. The minimum absolute atomic E-state index is 0.122. The van der Waals surface area contributed by atoms with Crippen LogP contribution in [-0.4, -0.2) is 34.1 Å². The van der Waals surface area contributed by atoms with E-state index in [0.29, 0.717) is 12.0 Å². The van der Waals surface area contributed by atoms with Gasteiger partial charge in [0.25, 0.3) is 0 Å². The Kier molecular flexibility index (Phi) is 4.77. The van der Waals surface area contributed by atoms with Crippen molar-refractivity contribution in [2.75, 3.05) is 13.1 Å². The van der Waals surface area contributed by atoms with Gasteiger partial charge in [0.05, 0.1) is 0 Å². The van der Waals surface area contributed by atoms with Crippen molar-refractivity contribution in [1.82, 2.24) is 4.90 Å². The van der Waals surface area contributed by atoms with Crippen LogP contribution in [0.4, 0.5) is 0 Å². The van der Waals surface area contributed by atoms with E-state index in [1.54, 1.807) is 6.08 Å². The Morgan fingerprint density at radius 3 is 2.67 bits per heavy atom. The van der Waals surface area contributed by atoms with Crippen molar-refractivity contribution in [2.24, 2.45) is 11.7 Å². The summed E-state index contributed by atoms with van der Waals surface area (Å²) in [4.78, 5) is 2.49. The van der Waals surface area contributed by atoms with Crippen molar-refractivity contribution in [3.63, 3.8) is 0 Å². The zero-order valence-electron chi connectivity index (χ0n) is 9.40. The summed E-state index contributed by atoms with van der Waals surface area (Å²) in [6.45, 7) is 6.78. The number of hydrogen-bond donors (Lipinski definition) is 2. The molecule has 0 aliphatic carbocycles. The second kappa shape index (κ2) is 5.64. The van der Waals surface area contributed by atoms with E-state index in [1.165, 1.54) is 17.2 Å². The van der Waals surface area contributed by atoms with Crippen LogP contribution in [0.3, 0.4) is 0 Å². The molecule has 1 atom stereocenters. The second-order valence-corrected chi connectivity index (χ2v) is 5.09. The van der Waals surface area contributed by atoms with Gasteiger partial charge in [0.15, 0.2) is 0 Å². The quantitative estimate of drug-likeness (QED) is 0.571. The third-order valence-corrected chi connectivity index (χ3v) is 3.60. The average Bonchev–Trinajstić information content (AvgIpc) is 2.62. The van der Waals surface area contributed by atoms with Gasteiger partial charge in [-0.3, -0.25) is 0 Å². The minimum atomic E-state index is 0.122. The predicted molar refractivity (Wildman–Crippen MR) is 60.9 cm³/mol. The number of amidine groups is 1. The zero-order chi connectivity index (χ0) is 11.4. The summed E-state index contributed by atoms with van der Waals surface area (Å²) in [6.07, 6.45) is 4.83. The normalized spacial score (nSPS) is 22.7. The molecule has 0 radical (unpaired) electrons. The molecular formula is C11H19N3V. The summed E-state index contributed by atoms with van der Waals surface area (Å²) in [5.41, 5.74) is 5.28. The molecule has 83 valence electrons. The molecule has 1 aliphatic heterocycles. The van der Waals surface area contributed by atoms with Crippen molar-refractivity contribution in [3.05, 3.63) is 12.2 Å². The molecule has 4 heteroatoms. The molecule has 15 heavy (non-hydrogen) atoms.